The molecule has 1 aromatic carbocycles. The third-order valence-corrected chi connectivity index (χ3v) is 5.67. The number of rotatable bonds is 5. The second-order valence-corrected chi connectivity index (χ2v) is 7.86. The van der Waals surface area contributed by atoms with Crippen LogP contribution in [-0.2, 0) is 17.5 Å². The maximum absolute atomic E-state index is 13.0. The van der Waals surface area contributed by atoms with E-state index in [9.17, 15) is 18.0 Å². The highest BCUT2D eigenvalue weighted by Crippen LogP contribution is 2.31. The number of hydrogen-bond donors (Lipinski definition) is 1. The second kappa shape index (κ2) is 9.02. The van der Waals surface area contributed by atoms with Gasteiger partial charge in [-0.15, -0.1) is 11.8 Å². The van der Waals surface area contributed by atoms with E-state index in [1.165, 1.54) is 11.8 Å². The number of hydrogen-bond acceptors (Lipinski definition) is 5. The Morgan fingerprint density at radius 3 is 2.45 bits per heavy atom. The number of carbonyl (C=O) groups is 1. The van der Waals surface area contributed by atoms with Gasteiger partial charge in [0.05, 0.1) is 0 Å². The van der Waals surface area contributed by atoms with E-state index in [1.54, 1.807) is 16.7 Å². The molecule has 1 N–H and O–H groups in total. The third kappa shape index (κ3) is 5.62. The predicted octanol–water partition coefficient (Wildman–Crippen LogP) is 4.06. The largest absolute Gasteiger partial charge is 0.433 e. The Morgan fingerprint density at radius 1 is 1.21 bits per heavy atom. The van der Waals surface area contributed by atoms with Gasteiger partial charge in [-0.05, 0) is 43.7 Å². The zero-order valence-corrected chi connectivity index (χ0v) is 17.1. The van der Waals surface area contributed by atoms with Gasteiger partial charge in [0.25, 0.3) is 0 Å². The van der Waals surface area contributed by atoms with Crippen LogP contribution in [-0.4, -0.2) is 35.2 Å². The number of anilines is 1. The predicted molar refractivity (Wildman–Crippen MR) is 107 cm³/mol. The van der Waals surface area contributed by atoms with Gasteiger partial charge in [0.2, 0.25) is 5.91 Å². The molecule has 0 bridgehead atoms. The van der Waals surface area contributed by atoms with E-state index in [-0.39, 0.29) is 23.5 Å². The lowest BCUT2D eigenvalue weighted by atomic mass is 9.95. The van der Waals surface area contributed by atoms with Crippen molar-refractivity contribution in [2.45, 2.75) is 37.4 Å². The minimum absolute atomic E-state index is 0.0200. The van der Waals surface area contributed by atoms with Gasteiger partial charge in [-0.1, -0.05) is 12.1 Å². The summed E-state index contributed by atoms with van der Waals surface area (Å²) in [6.07, 6.45) is -1.35. The molecule has 1 aromatic heterocycles. The highest BCUT2D eigenvalue weighted by Gasteiger charge is 2.34. The number of halogens is 3. The third-order valence-electron chi connectivity index (χ3n) is 4.93. The summed E-state index contributed by atoms with van der Waals surface area (Å²) in [5.41, 5.74) is 0.0945. The van der Waals surface area contributed by atoms with Crippen LogP contribution in [0.25, 0.3) is 0 Å². The van der Waals surface area contributed by atoms with Crippen LogP contribution < -0.4 is 10.2 Å². The number of piperidine rings is 1. The minimum Gasteiger partial charge on any atom is -0.356 e. The summed E-state index contributed by atoms with van der Waals surface area (Å²) in [6.45, 7) is 2.88. The molecule has 1 aliphatic heterocycles. The molecule has 156 valence electrons. The standard InChI is InChI=1S/C20H23F3N4OS/c1-13-25-17(20(21,22)23)11-18(26-13)27-9-7-15(8-10-27)19(28)24-12-14-3-5-16(29-2)6-4-14/h3-6,11,15H,7-10,12H2,1-2H3,(H,24,28). The molecule has 2 aromatic rings. The number of thioether (sulfide) groups is 1. The summed E-state index contributed by atoms with van der Waals surface area (Å²) in [6, 6.07) is 8.99. The molecule has 2 heterocycles. The van der Waals surface area contributed by atoms with E-state index in [4.69, 9.17) is 0 Å². The molecule has 9 heteroatoms. The molecular formula is C20H23F3N4OS. The van der Waals surface area contributed by atoms with Gasteiger partial charge in [-0.3, -0.25) is 4.79 Å². The molecule has 0 unspecified atom stereocenters. The van der Waals surface area contributed by atoms with Gasteiger partial charge in [0.1, 0.15) is 17.3 Å². The normalized spacial score (nSPS) is 15.4. The van der Waals surface area contributed by atoms with Gasteiger partial charge in [-0.25, -0.2) is 9.97 Å². The first-order chi connectivity index (χ1) is 13.8. The summed E-state index contributed by atoms with van der Waals surface area (Å²) in [5, 5.41) is 2.96. The van der Waals surface area contributed by atoms with E-state index < -0.39 is 11.9 Å². The molecular weight excluding hydrogens is 401 g/mol. The van der Waals surface area contributed by atoms with Gasteiger partial charge in [-0.2, -0.15) is 13.2 Å². The fraction of sp³-hybridized carbons (Fsp3) is 0.450. The average Bonchev–Trinajstić information content (AvgIpc) is 2.71. The second-order valence-electron chi connectivity index (χ2n) is 6.98. The highest BCUT2D eigenvalue weighted by molar-refractivity contribution is 7.98. The van der Waals surface area contributed by atoms with Gasteiger partial charge in [0.15, 0.2) is 0 Å². The number of nitrogens with one attached hydrogen (secondary N) is 1. The molecule has 1 amide bonds. The monoisotopic (exact) mass is 424 g/mol. The van der Waals surface area contributed by atoms with Crippen LogP contribution in [0.1, 0.15) is 29.9 Å². The summed E-state index contributed by atoms with van der Waals surface area (Å²) < 4.78 is 39.0. The van der Waals surface area contributed by atoms with E-state index >= 15 is 0 Å². The summed E-state index contributed by atoms with van der Waals surface area (Å²) in [7, 11) is 0. The van der Waals surface area contributed by atoms with Crippen molar-refractivity contribution in [1.29, 1.82) is 0 Å². The first kappa shape index (κ1) is 21.4. The fourth-order valence-electron chi connectivity index (χ4n) is 3.31. The SMILES string of the molecule is CSc1ccc(CNC(=O)C2CCN(c3cc(C(F)(F)F)nc(C)n3)CC2)cc1. The minimum atomic E-state index is -4.51. The van der Waals surface area contributed by atoms with E-state index in [0.29, 0.717) is 32.5 Å². The Bertz CT molecular complexity index is 850. The first-order valence-corrected chi connectivity index (χ1v) is 10.6. The Labute approximate surface area is 172 Å². The molecule has 0 spiro atoms. The van der Waals surface area contributed by atoms with Crippen molar-refractivity contribution in [3.05, 3.63) is 47.4 Å². The maximum atomic E-state index is 13.0. The van der Waals surface area contributed by atoms with E-state index in [1.807, 2.05) is 30.5 Å². The number of amides is 1. The quantitative estimate of drug-likeness (QED) is 0.734. The van der Waals surface area contributed by atoms with Gasteiger partial charge >= 0.3 is 6.18 Å². The number of nitrogens with zero attached hydrogens (tertiary/aromatic N) is 3. The van der Waals surface area contributed by atoms with Crippen molar-refractivity contribution in [2.75, 3.05) is 24.2 Å². The number of carbonyl (C=O) groups excluding carboxylic acids is 1. The van der Waals surface area contributed by atoms with Crippen molar-refractivity contribution in [1.82, 2.24) is 15.3 Å². The molecule has 5 nitrogen and oxygen atoms in total. The lowest BCUT2D eigenvalue weighted by Crippen LogP contribution is -2.40. The maximum Gasteiger partial charge on any atom is 0.433 e. The van der Waals surface area contributed by atoms with Crippen molar-refractivity contribution >= 4 is 23.5 Å². The Hall–Kier alpha value is -2.29. The Morgan fingerprint density at radius 2 is 1.86 bits per heavy atom. The molecule has 0 radical (unpaired) electrons. The summed E-state index contributed by atoms with van der Waals surface area (Å²) >= 11 is 1.66. The average molecular weight is 424 g/mol. The molecule has 29 heavy (non-hydrogen) atoms. The van der Waals surface area contributed by atoms with Gasteiger partial charge < -0.3 is 10.2 Å². The first-order valence-electron chi connectivity index (χ1n) is 9.34. The van der Waals surface area contributed by atoms with Crippen molar-refractivity contribution in [2.24, 2.45) is 5.92 Å². The summed E-state index contributed by atoms with van der Waals surface area (Å²) in [5.74, 6) is 0.176. The molecule has 0 atom stereocenters. The highest BCUT2D eigenvalue weighted by atomic mass is 32.2. The van der Waals surface area contributed by atoms with Crippen LogP contribution in [0.2, 0.25) is 0 Å². The van der Waals surface area contributed by atoms with Crippen LogP contribution in [0.3, 0.4) is 0 Å². The lowest BCUT2D eigenvalue weighted by Gasteiger charge is -2.32. The smallest absolute Gasteiger partial charge is 0.356 e. The van der Waals surface area contributed by atoms with E-state index in [0.717, 1.165) is 11.6 Å². The summed E-state index contributed by atoms with van der Waals surface area (Å²) in [4.78, 5) is 23.0. The molecule has 1 fully saturated rings. The number of aromatic nitrogens is 2. The molecule has 1 saturated heterocycles. The van der Waals surface area contributed by atoms with Crippen LogP contribution in [0.4, 0.5) is 19.0 Å². The number of aryl methyl sites for hydroxylation is 1. The van der Waals surface area contributed by atoms with Gasteiger partial charge in [0, 0.05) is 36.5 Å². The van der Waals surface area contributed by atoms with Crippen molar-refractivity contribution in [3.8, 4) is 0 Å². The topological polar surface area (TPSA) is 58.1 Å². The zero-order chi connectivity index (χ0) is 21.0. The Balaban J connectivity index is 1.54. The van der Waals surface area contributed by atoms with Crippen molar-refractivity contribution < 1.29 is 18.0 Å². The van der Waals surface area contributed by atoms with Crippen LogP contribution in [0.5, 0.6) is 0 Å². The molecule has 3 rings (SSSR count). The van der Waals surface area contributed by atoms with Crippen LogP contribution >= 0.6 is 11.8 Å². The van der Waals surface area contributed by atoms with Crippen molar-refractivity contribution in [3.63, 3.8) is 0 Å². The number of benzene rings is 1. The Kier molecular flexibility index (Phi) is 6.66. The fourth-order valence-corrected chi connectivity index (χ4v) is 3.72. The lowest BCUT2D eigenvalue weighted by molar-refractivity contribution is -0.141. The number of alkyl halides is 3. The van der Waals surface area contributed by atoms with Crippen LogP contribution in [0, 0.1) is 12.8 Å². The van der Waals surface area contributed by atoms with E-state index in [2.05, 4.69) is 15.3 Å². The zero-order valence-electron chi connectivity index (χ0n) is 16.3. The molecule has 1 aliphatic rings. The van der Waals surface area contributed by atoms with Crippen LogP contribution in [0.15, 0.2) is 35.2 Å². The molecule has 0 saturated carbocycles. The molecule has 0 aliphatic carbocycles.